The highest BCUT2D eigenvalue weighted by Gasteiger charge is 2.52. The van der Waals surface area contributed by atoms with Crippen molar-refractivity contribution in [3.63, 3.8) is 0 Å². The molecule has 0 aliphatic carbocycles. The molecule has 40 heavy (non-hydrogen) atoms. The Bertz CT molecular complexity index is 681. The van der Waals surface area contributed by atoms with Crippen molar-refractivity contribution in [2.24, 2.45) is 5.41 Å². The van der Waals surface area contributed by atoms with E-state index in [0.717, 1.165) is 51.4 Å². The highest BCUT2D eigenvalue weighted by molar-refractivity contribution is 7.80. The zero-order valence-electron chi connectivity index (χ0n) is 25.8. The summed E-state index contributed by atoms with van der Waals surface area (Å²) in [4.78, 5) is 24.9. The van der Waals surface area contributed by atoms with E-state index in [-0.39, 0.29) is 45.0 Å². The number of rotatable bonds is 24. The Kier molecular flexibility index (Phi) is 19.7. The molecule has 1 fully saturated rings. The van der Waals surface area contributed by atoms with Gasteiger partial charge in [0.25, 0.3) is 0 Å². The molecule has 1 atom stereocenters. The van der Waals surface area contributed by atoms with Gasteiger partial charge in [-0.05, 0) is 37.9 Å². The summed E-state index contributed by atoms with van der Waals surface area (Å²) in [5.74, 6) is 0.203. The molecular formula is C30H58O8SSi. The monoisotopic (exact) mass is 606 g/mol. The summed E-state index contributed by atoms with van der Waals surface area (Å²) >= 11 is 4.36. The van der Waals surface area contributed by atoms with Crippen LogP contribution in [0.1, 0.15) is 124 Å². The first-order valence-corrected chi connectivity index (χ1v) is 18.3. The van der Waals surface area contributed by atoms with Crippen LogP contribution in [0.2, 0.25) is 6.04 Å². The Labute approximate surface area is 250 Å². The van der Waals surface area contributed by atoms with Gasteiger partial charge >= 0.3 is 20.7 Å². The van der Waals surface area contributed by atoms with Crippen molar-refractivity contribution in [1.29, 1.82) is 0 Å². The minimum absolute atomic E-state index is 0.0829. The highest BCUT2D eigenvalue weighted by Crippen LogP contribution is 2.33. The summed E-state index contributed by atoms with van der Waals surface area (Å²) in [6.07, 6.45) is 13.3. The SMILES string of the molecule is CCCCCCCC(=O)OCC(CC)(CO)CO[Si]1(CCCS)OCC(CC)(OC(=O)CCCCCCC)CO1. The van der Waals surface area contributed by atoms with E-state index in [1.54, 1.807) is 0 Å². The smallest absolute Gasteiger partial charge is 0.465 e. The van der Waals surface area contributed by atoms with Gasteiger partial charge in [0.1, 0.15) is 6.61 Å². The molecule has 1 aliphatic rings. The maximum Gasteiger partial charge on any atom is 0.501 e. The van der Waals surface area contributed by atoms with Crippen molar-refractivity contribution in [3.05, 3.63) is 0 Å². The van der Waals surface area contributed by atoms with Crippen molar-refractivity contribution in [2.45, 2.75) is 136 Å². The quantitative estimate of drug-likeness (QED) is 0.0545. The fraction of sp³-hybridized carbons (Fsp3) is 0.933. The molecule has 0 bridgehead atoms. The van der Waals surface area contributed by atoms with Gasteiger partial charge in [-0.2, -0.15) is 12.6 Å². The normalized spacial score (nSPS) is 22.6. The fourth-order valence-corrected chi connectivity index (χ4v) is 7.79. The van der Waals surface area contributed by atoms with Gasteiger partial charge in [0, 0.05) is 30.9 Å². The standard InChI is InChI=1S/C30H58O8SSi/c1-5-9-11-13-15-18-27(32)34-23-29(7-3,22-31)24-35-40(21-17-20-39)36-25-30(8-4,26-37-40)38-28(33)19-16-14-12-10-6-2/h31,39H,5-26H2,1-4H3. The van der Waals surface area contributed by atoms with Crippen molar-refractivity contribution in [1.82, 2.24) is 0 Å². The first-order valence-electron chi connectivity index (χ1n) is 15.8. The van der Waals surface area contributed by atoms with Gasteiger partial charge in [-0.1, -0.05) is 79.1 Å². The van der Waals surface area contributed by atoms with E-state index >= 15 is 0 Å². The van der Waals surface area contributed by atoms with Crippen molar-refractivity contribution in [3.8, 4) is 0 Å². The summed E-state index contributed by atoms with van der Waals surface area (Å²) < 4.78 is 30.5. The number of carbonyl (C=O) groups excluding carboxylic acids is 2. The third kappa shape index (κ3) is 14.0. The first kappa shape index (κ1) is 37.4. The second-order valence-electron chi connectivity index (χ2n) is 11.4. The predicted octanol–water partition coefficient (Wildman–Crippen LogP) is 6.65. The van der Waals surface area contributed by atoms with Crippen LogP contribution in [-0.2, 0) is 32.3 Å². The number of carbonyl (C=O) groups is 2. The van der Waals surface area contributed by atoms with E-state index in [1.165, 1.54) is 19.3 Å². The molecular weight excluding hydrogens is 548 g/mol. The summed E-state index contributed by atoms with van der Waals surface area (Å²) in [6.45, 7) is 8.74. The molecule has 8 nitrogen and oxygen atoms in total. The molecule has 1 aliphatic heterocycles. The number of aliphatic hydroxyl groups excluding tert-OH is 1. The summed E-state index contributed by atoms with van der Waals surface area (Å²) in [7, 11) is -3.12. The minimum atomic E-state index is -3.12. The third-order valence-electron chi connectivity index (χ3n) is 7.92. The predicted molar refractivity (Wildman–Crippen MR) is 164 cm³/mol. The minimum Gasteiger partial charge on any atom is -0.465 e. The number of thiol groups is 1. The van der Waals surface area contributed by atoms with E-state index in [4.69, 9.17) is 22.8 Å². The Morgan fingerprint density at radius 1 is 0.850 bits per heavy atom. The number of aliphatic hydroxyl groups is 1. The molecule has 0 aromatic rings. The molecule has 1 heterocycles. The molecule has 1 unspecified atom stereocenters. The van der Waals surface area contributed by atoms with Crippen molar-refractivity contribution < 1.29 is 37.4 Å². The van der Waals surface area contributed by atoms with E-state index in [0.29, 0.717) is 37.5 Å². The molecule has 0 aromatic carbocycles. The average molecular weight is 607 g/mol. The summed E-state index contributed by atoms with van der Waals surface area (Å²) in [5.41, 5.74) is -1.57. The van der Waals surface area contributed by atoms with Gasteiger partial charge in [-0.25, -0.2) is 0 Å². The van der Waals surface area contributed by atoms with Crippen LogP contribution in [0.3, 0.4) is 0 Å². The molecule has 1 saturated heterocycles. The maximum absolute atomic E-state index is 12.6. The average Bonchev–Trinajstić information content (AvgIpc) is 2.97. The van der Waals surface area contributed by atoms with Crippen LogP contribution in [0.15, 0.2) is 0 Å². The van der Waals surface area contributed by atoms with Crippen LogP contribution in [-0.4, -0.2) is 70.2 Å². The summed E-state index contributed by atoms with van der Waals surface area (Å²) in [6, 6.07) is 0.574. The van der Waals surface area contributed by atoms with Crippen LogP contribution in [0.25, 0.3) is 0 Å². The number of esters is 2. The van der Waals surface area contributed by atoms with Crippen LogP contribution in [0.5, 0.6) is 0 Å². The Morgan fingerprint density at radius 2 is 1.43 bits per heavy atom. The van der Waals surface area contributed by atoms with Gasteiger partial charge in [0.05, 0.1) is 19.8 Å². The molecule has 236 valence electrons. The lowest BCUT2D eigenvalue weighted by molar-refractivity contribution is -0.183. The van der Waals surface area contributed by atoms with Crippen molar-refractivity contribution >= 4 is 33.4 Å². The lowest BCUT2D eigenvalue weighted by atomic mass is 9.88. The maximum atomic E-state index is 12.6. The Balaban J connectivity index is 2.71. The third-order valence-corrected chi connectivity index (χ3v) is 11.0. The number of ether oxygens (including phenoxy) is 2. The Morgan fingerprint density at radius 3 is 1.93 bits per heavy atom. The van der Waals surface area contributed by atoms with Gasteiger partial charge in [-0.3, -0.25) is 9.59 Å². The number of hydrogen-bond donors (Lipinski definition) is 2. The molecule has 0 radical (unpaired) electrons. The highest BCUT2D eigenvalue weighted by atomic mass is 32.1. The topological polar surface area (TPSA) is 101 Å². The molecule has 0 aromatic heterocycles. The van der Waals surface area contributed by atoms with Gasteiger partial charge in [-0.15, -0.1) is 0 Å². The zero-order valence-corrected chi connectivity index (χ0v) is 27.7. The first-order chi connectivity index (χ1) is 19.3. The largest absolute Gasteiger partial charge is 0.501 e. The van der Waals surface area contributed by atoms with Gasteiger partial charge in [0.15, 0.2) is 5.60 Å². The molecule has 0 saturated carbocycles. The van der Waals surface area contributed by atoms with Crippen LogP contribution in [0, 0.1) is 5.41 Å². The molecule has 10 heteroatoms. The number of unbranched alkanes of at least 4 members (excludes halogenated alkanes) is 8. The fourth-order valence-electron chi connectivity index (χ4n) is 4.55. The Hall–Kier alpha value is -0.653. The second-order valence-corrected chi connectivity index (χ2v) is 14.6. The van der Waals surface area contributed by atoms with Crippen LogP contribution >= 0.6 is 12.6 Å². The van der Waals surface area contributed by atoms with Gasteiger partial charge < -0.3 is 27.9 Å². The lowest BCUT2D eigenvalue weighted by Gasteiger charge is -2.44. The van der Waals surface area contributed by atoms with Gasteiger partial charge in [0.2, 0.25) is 0 Å². The van der Waals surface area contributed by atoms with E-state index in [9.17, 15) is 14.7 Å². The van der Waals surface area contributed by atoms with Crippen LogP contribution < -0.4 is 0 Å². The number of hydrogen-bond acceptors (Lipinski definition) is 9. The summed E-state index contributed by atoms with van der Waals surface area (Å²) in [5, 5.41) is 10.3. The zero-order chi connectivity index (χ0) is 29.7. The molecule has 0 amide bonds. The molecule has 0 spiro atoms. The van der Waals surface area contributed by atoms with E-state index in [2.05, 4.69) is 26.5 Å². The lowest BCUT2D eigenvalue weighted by Crippen LogP contribution is -2.60. The second kappa shape index (κ2) is 21.1. The molecule has 1 N–H and O–H groups in total. The van der Waals surface area contributed by atoms with Crippen LogP contribution in [0.4, 0.5) is 0 Å². The molecule has 1 rings (SSSR count). The van der Waals surface area contributed by atoms with E-state index < -0.39 is 19.8 Å². The van der Waals surface area contributed by atoms with Crippen molar-refractivity contribution in [2.75, 3.05) is 38.8 Å². The van der Waals surface area contributed by atoms with E-state index in [1.807, 2.05) is 13.8 Å².